The summed E-state index contributed by atoms with van der Waals surface area (Å²) in [5.41, 5.74) is 0.757. The predicted molar refractivity (Wildman–Crippen MR) is 62.9 cm³/mol. The monoisotopic (exact) mass is 252 g/mol. The number of aliphatic hydroxyl groups is 1. The zero-order chi connectivity index (χ0) is 13.1. The molecule has 0 bridgehead atoms. The van der Waals surface area contributed by atoms with Gasteiger partial charge in [-0.3, -0.25) is 4.68 Å². The number of benzene rings is 1. The number of hydrogen-bond donors (Lipinski definition) is 1. The van der Waals surface area contributed by atoms with Gasteiger partial charge < -0.3 is 5.11 Å². The Hall–Kier alpha value is -1.75. The van der Waals surface area contributed by atoms with E-state index in [0.717, 1.165) is 6.07 Å². The van der Waals surface area contributed by atoms with Crippen LogP contribution < -0.4 is 0 Å². The zero-order valence-electron chi connectivity index (χ0n) is 9.98. The van der Waals surface area contributed by atoms with E-state index in [2.05, 4.69) is 5.10 Å². The fourth-order valence-corrected chi connectivity index (χ4v) is 1.76. The van der Waals surface area contributed by atoms with Gasteiger partial charge in [0.15, 0.2) is 11.6 Å². The Labute approximate surface area is 104 Å². The van der Waals surface area contributed by atoms with E-state index < -0.39 is 17.7 Å². The largest absolute Gasteiger partial charge is 0.388 e. The van der Waals surface area contributed by atoms with E-state index in [-0.39, 0.29) is 12.0 Å². The molecular formula is C13H14F2N2O. The van der Waals surface area contributed by atoms with E-state index in [1.165, 1.54) is 18.3 Å². The van der Waals surface area contributed by atoms with Crippen LogP contribution in [0.5, 0.6) is 0 Å². The second kappa shape index (κ2) is 5.27. The summed E-state index contributed by atoms with van der Waals surface area (Å²) in [6, 6.07) is 3.95. The maximum absolute atomic E-state index is 13.4. The van der Waals surface area contributed by atoms with E-state index in [9.17, 15) is 13.9 Å². The molecule has 1 aromatic carbocycles. The number of aliphatic hydroxyl groups excluding tert-OH is 1. The van der Waals surface area contributed by atoms with Gasteiger partial charge in [0, 0.05) is 24.7 Å². The summed E-state index contributed by atoms with van der Waals surface area (Å²) < 4.78 is 28.1. The highest BCUT2D eigenvalue weighted by molar-refractivity contribution is 5.22. The fourth-order valence-electron chi connectivity index (χ4n) is 1.76. The molecule has 0 spiro atoms. The molecule has 18 heavy (non-hydrogen) atoms. The summed E-state index contributed by atoms with van der Waals surface area (Å²) in [5, 5.41) is 14.0. The first kappa shape index (κ1) is 12.7. The van der Waals surface area contributed by atoms with Crippen molar-refractivity contribution < 1.29 is 13.9 Å². The number of rotatable bonds is 4. The maximum atomic E-state index is 13.4. The topological polar surface area (TPSA) is 38.0 Å². The third-order valence-electron chi connectivity index (χ3n) is 2.81. The van der Waals surface area contributed by atoms with Crippen molar-refractivity contribution in [1.29, 1.82) is 0 Å². The molecule has 1 heterocycles. The van der Waals surface area contributed by atoms with Crippen molar-refractivity contribution in [3.63, 3.8) is 0 Å². The molecule has 0 amide bonds. The lowest BCUT2D eigenvalue weighted by Crippen LogP contribution is -2.04. The van der Waals surface area contributed by atoms with Crippen LogP contribution in [0, 0.1) is 11.6 Å². The molecule has 2 rings (SSSR count). The van der Waals surface area contributed by atoms with E-state index in [0.29, 0.717) is 12.1 Å². The van der Waals surface area contributed by atoms with Gasteiger partial charge in [0.2, 0.25) is 0 Å². The van der Waals surface area contributed by atoms with Gasteiger partial charge in [0.1, 0.15) is 0 Å². The lowest BCUT2D eigenvalue weighted by Gasteiger charge is -2.09. The summed E-state index contributed by atoms with van der Waals surface area (Å²) in [6.45, 7) is 2.62. The Morgan fingerprint density at radius 3 is 2.83 bits per heavy atom. The molecule has 1 aromatic heterocycles. The third-order valence-corrected chi connectivity index (χ3v) is 2.81. The predicted octanol–water partition coefficient (Wildman–Crippen LogP) is 2.46. The van der Waals surface area contributed by atoms with Gasteiger partial charge >= 0.3 is 0 Å². The highest BCUT2D eigenvalue weighted by Gasteiger charge is 2.15. The minimum atomic E-state index is -0.903. The Kier molecular flexibility index (Phi) is 3.72. The van der Waals surface area contributed by atoms with Crippen molar-refractivity contribution in [3.05, 3.63) is 53.4 Å². The smallest absolute Gasteiger partial charge is 0.162 e. The quantitative estimate of drug-likeness (QED) is 0.907. The summed E-state index contributed by atoms with van der Waals surface area (Å²) in [6.07, 6.45) is 2.37. The van der Waals surface area contributed by atoms with Crippen LogP contribution >= 0.6 is 0 Å². The van der Waals surface area contributed by atoms with Gasteiger partial charge in [-0.25, -0.2) is 8.78 Å². The van der Waals surface area contributed by atoms with Crippen LogP contribution in [0.15, 0.2) is 30.6 Å². The molecule has 0 saturated carbocycles. The van der Waals surface area contributed by atoms with E-state index in [4.69, 9.17) is 0 Å². The van der Waals surface area contributed by atoms with E-state index >= 15 is 0 Å². The summed E-state index contributed by atoms with van der Waals surface area (Å²) in [4.78, 5) is 0. The third kappa shape index (κ3) is 2.56. The van der Waals surface area contributed by atoms with Crippen molar-refractivity contribution in [3.8, 4) is 0 Å². The highest BCUT2D eigenvalue weighted by Crippen LogP contribution is 2.20. The molecule has 0 radical (unpaired) electrons. The minimum absolute atomic E-state index is 0.0268. The Bertz CT molecular complexity index is 540. The zero-order valence-corrected chi connectivity index (χ0v) is 9.98. The molecular weight excluding hydrogens is 238 g/mol. The lowest BCUT2D eigenvalue weighted by atomic mass is 10.0. The van der Waals surface area contributed by atoms with Crippen LogP contribution in [0.25, 0.3) is 0 Å². The van der Waals surface area contributed by atoms with Crippen molar-refractivity contribution in [2.45, 2.75) is 26.0 Å². The maximum Gasteiger partial charge on any atom is 0.162 e. The van der Waals surface area contributed by atoms with Crippen LogP contribution in [0.1, 0.15) is 24.2 Å². The summed E-state index contributed by atoms with van der Waals surface area (Å²) in [7, 11) is 0. The molecule has 96 valence electrons. The van der Waals surface area contributed by atoms with Crippen molar-refractivity contribution in [2.24, 2.45) is 0 Å². The molecule has 0 fully saturated rings. The van der Waals surface area contributed by atoms with Gasteiger partial charge in [-0.2, -0.15) is 5.10 Å². The Balaban J connectivity index is 2.15. The molecule has 0 aliphatic carbocycles. The van der Waals surface area contributed by atoms with Crippen LogP contribution in [-0.4, -0.2) is 14.9 Å². The molecule has 3 nitrogen and oxygen atoms in total. The molecule has 5 heteroatoms. The molecule has 1 unspecified atom stereocenters. The molecule has 1 N–H and O–H groups in total. The number of aryl methyl sites for hydroxylation is 1. The van der Waals surface area contributed by atoms with E-state index in [1.807, 2.05) is 6.92 Å². The number of hydrogen-bond acceptors (Lipinski definition) is 2. The van der Waals surface area contributed by atoms with Gasteiger partial charge in [-0.05, 0) is 18.6 Å². The number of aromatic nitrogens is 2. The first-order chi connectivity index (χ1) is 8.61. The van der Waals surface area contributed by atoms with Crippen molar-refractivity contribution in [1.82, 2.24) is 9.78 Å². The average molecular weight is 252 g/mol. The van der Waals surface area contributed by atoms with Crippen molar-refractivity contribution in [2.75, 3.05) is 0 Å². The molecule has 0 saturated heterocycles. The van der Waals surface area contributed by atoms with Gasteiger partial charge in [0.05, 0.1) is 12.3 Å². The minimum Gasteiger partial charge on any atom is -0.388 e. The number of halogens is 2. The molecule has 0 aliphatic rings. The molecule has 0 aliphatic heterocycles. The molecule has 1 atom stereocenters. The van der Waals surface area contributed by atoms with Gasteiger partial charge in [-0.1, -0.05) is 12.1 Å². The summed E-state index contributed by atoms with van der Waals surface area (Å²) in [5.74, 6) is -1.80. The van der Waals surface area contributed by atoms with Crippen LogP contribution in [0.3, 0.4) is 0 Å². The fraction of sp³-hybridized carbons (Fsp3) is 0.308. The highest BCUT2D eigenvalue weighted by atomic mass is 19.2. The first-order valence-corrected chi connectivity index (χ1v) is 5.75. The van der Waals surface area contributed by atoms with E-state index in [1.54, 1.807) is 10.9 Å². The number of nitrogens with zero attached hydrogens (tertiary/aromatic N) is 2. The van der Waals surface area contributed by atoms with Crippen LogP contribution in [0.2, 0.25) is 0 Å². The standard InChI is InChI=1S/C13H14F2N2O/c1-2-17-8-10(7-16-17)12(18)6-9-4-3-5-11(14)13(9)15/h3-5,7-8,12,18H,2,6H2,1H3. The Morgan fingerprint density at radius 1 is 1.39 bits per heavy atom. The van der Waals surface area contributed by atoms with Crippen molar-refractivity contribution >= 4 is 0 Å². The normalized spacial score (nSPS) is 12.7. The lowest BCUT2D eigenvalue weighted by molar-refractivity contribution is 0.176. The van der Waals surface area contributed by atoms with Gasteiger partial charge in [-0.15, -0.1) is 0 Å². The SMILES string of the molecule is CCn1cc(C(O)Cc2cccc(F)c2F)cn1. The molecule has 2 aromatic rings. The van der Waals surface area contributed by atoms with Crippen LogP contribution in [-0.2, 0) is 13.0 Å². The average Bonchev–Trinajstić information content (AvgIpc) is 2.83. The first-order valence-electron chi connectivity index (χ1n) is 5.75. The second-order valence-corrected chi connectivity index (χ2v) is 4.06. The second-order valence-electron chi connectivity index (χ2n) is 4.06. The van der Waals surface area contributed by atoms with Gasteiger partial charge in [0.25, 0.3) is 0 Å². The summed E-state index contributed by atoms with van der Waals surface area (Å²) >= 11 is 0. The Morgan fingerprint density at radius 2 is 2.17 bits per heavy atom. The van der Waals surface area contributed by atoms with Crippen LogP contribution in [0.4, 0.5) is 8.78 Å².